The summed E-state index contributed by atoms with van der Waals surface area (Å²) >= 11 is 0. The number of rotatable bonds is 7. The Balaban J connectivity index is 1.12. The van der Waals surface area contributed by atoms with Crippen LogP contribution in [0.15, 0.2) is 42.5 Å². The van der Waals surface area contributed by atoms with Crippen molar-refractivity contribution in [2.75, 3.05) is 40.0 Å². The van der Waals surface area contributed by atoms with E-state index in [-0.39, 0.29) is 11.5 Å². The lowest BCUT2D eigenvalue weighted by Gasteiger charge is -2.43. The van der Waals surface area contributed by atoms with Crippen LogP contribution in [0.2, 0.25) is 0 Å². The molecule has 11 aromatic carbocycles. The molecule has 264 valence electrons. The van der Waals surface area contributed by atoms with E-state index in [4.69, 9.17) is 9.47 Å². The number of hydrogen-bond acceptors (Lipinski definition) is 3. The second kappa shape index (κ2) is 8.04. The average Bonchev–Trinajstić information content (AvgIpc) is 4.05. The van der Waals surface area contributed by atoms with Crippen molar-refractivity contribution in [3.05, 3.63) is 97.1 Å². The highest BCUT2D eigenvalue weighted by Gasteiger charge is 2.62. The van der Waals surface area contributed by atoms with Gasteiger partial charge in [-0.15, -0.1) is 0 Å². The molecule has 1 fully saturated rings. The first-order valence-electron chi connectivity index (χ1n) is 21.3. The Kier molecular flexibility index (Phi) is 3.95. The lowest BCUT2D eigenvalue weighted by atomic mass is 9.59. The SMILES string of the molecule is COCCOCCN1CC2C3=c4c5c6c7c(cc8cc9c%10c%11c%12c%13c(cc%14c%15c(c4c4c5c5c7c8c%10c5c%12c4c%15%13)=C(C3)C%14)=CC%11C9)CC62C1c1ccccc1C. The van der Waals surface area contributed by atoms with Crippen LogP contribution < -0.4 is 15.7 Å². The van der Waals surface area contributed by atoms with E-state index in [0.717, 1.165) is 45.4 Å². The predicted octanol–water partition coefficient (Wildman–Crippen LogP) is 8.56. The van der Waals surface area contributed by atoms with Gasteiger partial charge in [-0.25, -0.2) is 0 Å². The zero-order valence-corrected chi connectivity index (χ0v) is 31.5. The summed E-state index contributed by atoms with van der Waals surface area (Å²) in [5.74, 6) is 0.943. The Morgan fingerprint density at radius 2 is 1.48 bits per heavy atom. The van der Waals surface area contributed by atoms with Gasteiger partial charge in [0.15, 0.2) is 0 Å². The fourth-order valence-electron chi connectivity index (χ4n) is 16.5. The first kappa shape index (κ1) is 27.5. The molecular weight excluding hydrogens is 683 g/mol. The number of ether oxygens (including phenoxy) is 2. The van der Waals surface area contributed by atoms with Crippen molar-refractivity contribution in [3.63, 3.8) is 0 Å². The van der Waals surface area contributed by atoms with Gasteiger partial charge in [-0.1, -0.05) is 59.7 Å². The van der Waals surface area contributed by atoms with Crippen LogP contribution in [-0.2, 0) is 34.2 Å². The number of benzene rings is 8. The van der Waals surface area contributed by atoms with E-state index in [1.165, 1.54) is 21.7 Å². The van der Waals surface area contributed by atoms with Crippen molar-refractivity contribution in [3.8, 4) is 0 Å². The van der Waals surface area contributed by atoms with Crippen molar-refractivity contribution in [2.24, 2.45) is 5.92 Å². The summed E-state index contributed by atoms with van der Waals surface area (Å²) < 4.78 is 11.7. The first-order valence-corrected chi connectivity index (χ1v) is 21.3. The Labute approximate surface area is 320 Å². The van der Waals surface area contributed by atoms with Gasteiger partial charge in [-0.2, -0.15) is 0 Å². The van der Waals surface area contributed by atoms with Crippen molar-refractivity contribution in [1.29, 1.82) is 0 Å². The molecule has 4 unspecified atom stereocenters. The average molecular weight is 718 g/mol. The summed E-state index contributed by atoms with van der Waals surface area (Å²) in [6.07, 6.45) is 7.24. The minimum Gasteiger partial charge on any atom is -0.382 e. The normalized spacial score (nSPS) is 25.3. The van der Waals surface area contributed by atoms with E-state index in [0.29, 0.717) is 25.0 Å². The predicted molar refractivity (Wildman–Crippen MR) is 229 cm³/mol. The molecule has 11 aromatic rings. The van der Waals surface area contributed by atoms with Gasteiger partial charge in [-0.05, 0) is 184 Å². The number of aryl methyl sites for hydroxylation is 1. The number of hydrogen-bond donors (Lipinski definition) is 0. The highest BCUT2D eigenvalue weighted by atomic mass is 16.5. The number of likely N-dealkylation sites (tertiary alicyclic amines) is 1. The van der Waals surface area contributed by atoms with Gasteiger partial charge >= 0.3 is 0 Å². The van der Waals surface area contributed by atoms with Gasteiger partial charge in [0.25, 0.3) is 0 Å². The van der Waals surface area contributed by atoms with Crippen molar-refractivity contribution in [2.45, 2.75) is 50.0 Å². The van der Waals surface area contributed by atoms with Crippen LogP contribution in [0.5, 0.6) is 0 Å². The van der Waals surface area contributed by atoms with Crippen LogP contribution in [0, 0.1) is 12.8 Å². The van der Waals surface area contributed by atoms with Crippen LogP contribution >= 0.6 is 0 Å². The molecule has 1 spiro atoms. The molecule has 6 aliphatic carbocycles. The molecular formula is C53H35NO2. The van der Waals surface area contributed by atoms with E-state index in [1.807, 2.05) is 0 Å². The largest absolute Gasteiger partial charge is 0.382 e. The summed E-state index contributed by atoms with van der Waals surface area (Å²) in [6.45, 7) is 6.43. The fourth-order valence-corrected chi connectivity index (χ4v) is 16.5. The summed E-state index contributed by atoms with van der Waals surface area (Å²) in [5.41, 5.74) is 14.7. The molecule has 1 aliphatic heterocycles. The smallest absolute Gasteiger partial charge is 0.0700 e. The summed E-state index contributed by atoms with van der Waals surface area (Å²) in [6, 6.07) is 17.8. The molecule has 18 rings (SSSR count). The fraction of sp³-hybridized carbons (Fsp3) is 0.283. The molecule has 3 heteroatoms. The van der Waals surface area contributed by atoms with Gasteiger partial charge in [0.1, 0.15) is 0 Å². The third-order valence-electron chi connectivity index (χ3n) is 17.7. The molecule has 0 aromatic heterocycles. The van der Waals surface area contributed by atoms with Crippen molar-refractivity contribution >= 4 is 114 Å². The number of nitrogens with zero attached hydrogens (tertiary/aromatic N) is 1. The standard InChI is InChI=1S/C53H35NO2/c1-20-5-3-4-6-28(20)52-53-18-27-16-25-14-22-11-21-12-24-13-23-15-26-17-29(30(53)19-54(52)7-8-56-10-9-55-2)38-43-34(26)33(23)40-35(24)39-31(21)32(22)41-36(25)42-37(27)51(53)50(38)49-47(42)45(41)44(39)46(40)48(43)49/h3-6,12-14,16,21,30,52H,7-11,15,17-19H2,1-2H3. The molecule has 0 saturated carbocycles. The molecule has 0 N–H and O–H groups in total. The highest BCUT2D eigenvalue weighted by molar-refractivity contribution is 6.60. The topological polar surface area (TPSA) is 21.7 Å². The minimum absolute atomic E-state index is 0.0316. The Bertz CT molecular complexity index is 3960. The lowest BCUT2D eigenvalue weighted by Crippen LogP contribution is -2.44. The molecule has 0 bridgehead atoms. The van der Waals surface area contributed by atoms with Crippen LogP contribution in [0.4, 0.5) is 0 Å². The van der Waals surface area contributed by atoms with E-state index < -0.39 is 0 Å². The Morgan fingerprint density at radius 3 is 2.38 bits per heavy atom. The molecule has 1 saturated heterocycles. The zero-order valence-electron chi connectivity index (χ0n) is 31.5. The molecule has 7 aliphatic rings. The maximum Gasteiger partial charge on any atom is 0.0700 e. The molecule has 3 nitrogen and oxygen atoms in total. The van der Waals surface area contributed by atoms with E-state index in [9.17, 15) is 0 Å². The Morgan fingerprint density at radius 1 is 0.696 bits per heavy atom. The van der Waals surface area contributed by atoms with Gasteiger partial charge < -0.3 is 9.47 Å². The van der Waals surface area contributed by atoms with Crippen LogP contribution in [0.1, 0.15) is 57.3 Å². The van der Waals surface area contributed by atoms with Crippen LogP contribution in [-0.4, -0.2) is 44.9 Å². The maximum atomic E-state index is 6.30. The van der Waals surface area contributed by atoms with E-state index >= 15 is 0 Å². The van der Waals surface area contributed by atoms with Gasteiger partial charge in [-0.3, -0.25) is 4.90 Å². The zero-order chi connectivity index (χ0) is 35.6. The second-order valence-corrected chi connectivity index (χ2v) is 19.4. The van der Waals surface area contributed by atoms with Crippen LogP contribution in [0.25, 0.3) is 114 Å². The molecule has 0 amide bonds. The highest BCUT2D eigenvalue weighted by Crippen LogP contribution is 2.70. The Hall–Kier alpha value is -5.06. The third-order valence-corrected chi connectivity index (χ3v) is 17.7. The third kappa shape index (κ3) is 2.33. The number of methoxy groups -OCH3 is 1. The van der Waals surface area contributed by atoms with Crippen molar-refractivity contribution in [1.82, 2.24) is 4.90 Å². The van der Waals surface area contributed by atoms with Gasteiger partial charge in [0.05, 0.1) is 19.8 Å². The summed E-state index contributed by atoms with van der Waals surface area (Å²) in [7, 11) is 1.77. The molecule has 56 heavy (non-hydrogen) atoms. The monoisotopic (exact) mass is 717 g/mol. The van der Waals surface area contributed by atoms with E-state index in [2.05, 4.69) is 60.4 Å². The van der Waals surface area contributed by atoms with Gasteiger partial charge in [0, 0.05) is 43.5 Å². The second-order valence-electron chi connectivity index (χ2n) is 19.4. The summed E-state index contributed by atoms with van der Waals surface area (Å²) in [5, 5.41) is 34.3. The lowest BCUT2D eigenvalue weighted by molar-refractivity contribution is 0.0524. The van der Waals surface area contributed by atoms with E-state index in [1.54, 1.807) is 148 Å². The van der Waals surface area contributed by atoms with Crippen LogP contribution in [0.3, 0.4) is 0 Å². The van der Waals surface area contributed by atoms with Crippen molar-refractivity contribution < 1.29 is 9.47 Å². The molecule has 0 radical (unpaired) electrons. The quantitative estimate of drug-likeness (QED) is 0.122. The minimum atomic E-state index is -0.0316. The number of fused-ring (bicyclic) bond motifs is 1. The molecule has 4 atom stereocenters. The summed E-state index contributed by atoms with van der Waals surface area (Å²) in [4.78, 5) is 2.89. The first-order chi connectivity index (χ1) is 27.7. The molecule has 1 heterocycles. The van der Waals surface area contributed by atoms with Gasteiger partial charge in [0.2, 0.25) is 0 Å². The maximum absolute atomic E-state index is 6.30.